The largest absolute Gasteiger partial charge is 0.270 e. The molecule has 14 heavy (non-hydrogen) atoms. The van der Waals surface area contributed by atoms with E-state index in [9.17, 15) is 0 Å². The summed E-state index contributed by atoms with van der Waals surface area (Å²) >= 11 is 0. The van der Waals surface area contributed by atoms with E-state index < -0.39 is 0 Å². The molecule has 0 radical (unpaired) electrons. The van der Waals surface area contributed by atoms with Gasteiger partial charge in [0.25, 0.3) is 0 Å². The second kappa shape index (κ2) is 4.67. The molecule has 0 N–H and O–H groups in total. The van der Waals surface area contributed by atoms with Gasteiger partial charge < -0.3 is 0 Å². The van der Waals surface area contributed by atoms with Crippen LogP contribution in [0.1, 0.15) is 23.9 Å². The van der Waals surface area contributed by atoms with E-state index in [1.807, 2.05) is 11.6 Å². The molecule has 1 aromatic heterocycles. The summed E-state index contributed by atoms with van der Waals surface area (Å²) in [6, 6.07) is 0. The molecule has 0 aliphatic carbocycles. The Morgan fingerprint density at radius 2 is 2.21 bits per heavy atom. The normalized spacial score (nSPS) is 9.93. The lowest BCUT2D eigenvalue weighted by Crippen LogP contribution is -1.99. The van der Waals surface area contributed by atoms with Gasteiger partial charge in [0, 0.05) is 23.7 Å². The van der Waals surface area contributed by atoms with Crippen LogP contribution in [0.25, 0.3) is 10.4 Å². The minimum atomic E-state index is 0.508. The van der Waals surface area contributed by atoms with Crippen molar-refractivity contribution in [2.24, 2.45) is 5.11 Å². The van der Waals surface area contributed by atoms with E-state index in [4.69, 9.17) is 5.53 Å². The van der Waals surface area contributed by atoms with Crippen molar-refractivity contribution in [3.63, 3.8) is 0 Å². The second-order valence-electron chi connectivity index (χ2n) is 3.17. The summed E-state index contributed by atoms with van der Waals surface area (Å²) in [4.78, 5) is 2.73. The number of rotatable bonds is 4. The van der Waals surface area contributed by atoms with Crippen LogP contribution >= 0.6 is 0 Å². The third kappa shape index (κ3) is 2.06. The van der Waals surface area contributed by atoms with E-state index in [2.05, 4.69) is 29.0 Å². The van der Waals surface area contributed by atoms with Gasteiger partial charge in [0.15, 0.2) is 0 Å². The highest BCUT2D eigenvalue weighted by atomic mass is 15.3. The molecule has 5 heteroatoms. The number of hydrogen-bond donors (Lipinski definition) is 0. The third-order valence-corrected chi connectivity index (χ3v) is 2.36. The van der Waals surface area contributed by atoms with Crippen LogP contribution in [0.4, 0.5) is 0 Å². The van der Waals surface area contributed by atoms with Crippen molar-refractivity contribution in [2.75, 3.05) is 6.54 Å². The van der Waals surface area contributed by atoms with Crippen LogP contribution < -0.4 is 0 Å². The van der Waals surface area contributed by atoms with Crippen molar-refractivity contribution >= 4 is 0 Å². The number of aromatic nitrogens is 2. The minimum absolute atomic E-state index is 0.508. The van der Waals surface area contributed by atoms with Gasteiger partial charge in [-0.05, 0) is 38.3 Å². The summed E-state index contributed by atoms with van der Waals surface area (Å²) in [5.74, 6) is 0. The molecule has 1 heterocycles. The number of aryl methyl sites for hydroxylation is 2. The van der Waals surface area contributed by atoms with Crippen LogP contribution in [0.3, 0.4) is 0 Å². The monoisotopic (exact) mass is 193 g/mol. The van der Waals surface area contributed by atoms with Gasteiger partial charge in [0.1, 0.15) is 0 Å². The Hall–Kier alpha value is -1.48. The van der Waals surface area contributed by atoms with Crippen LogP contribution in [0.15, 0.2) is 5.11 Å². The van der Waals surface area contributed by atoms with Crippen molar-refractivity contribution < 1.29 is 0 Å². The van der Waals surface area contributed by atoms with Gasteiger partial charge in [-0.2, -0.15) is 5.10 Å². The maximum atomic E-state index is 8.17. The molecular weight excluding hydrogens is 178 g/mol. The zero-order valence-corrected chi connectivity index (χ0v) is 8.86. The predicted molar refractivity (Wildman–Crippen MR) is 55.1 cm³/mol. The molecule has 0 unspecified atom stereocenters. The molecule has 0 fully saturated rings. The Labute approximate surface area is 83.4 Å². The lowest BCUT2D eigenvalue weighted by atomic mass is 10.1. The highest BCUT2D eigenvalue weighted by molar-refractivity contribution is 5.24. The summed E-state index contributed by atoms with van der Waals surface area (Å²) < 4.78 is 1.97. The molecule has 1 rings (SSSR count). The van der Waals surface area contributed by atoms with Crippen LogP contribution in [0.5, 0.6) is 0 Å². The molecule has 0 bridgehead atoms. The van der Waals surface area contributed by atoms with Crippen LogP contribution in [0, 0.1) is 13.8 Å². The van der Waals surface area contributed by atoms with Crippen LogP contribution in [0.2, 0.25) is 0 Å². The SMILES string of the molecule is CCn1nc(C)c(CCN=[N+]=[N-])c1C. The molecule has 0 aliphatic rings. The maximum Gasteiger partial charge on any atom is 0.0628 e. The fourth-order valence-corrected chi connectivity index (χ4v) is 1.61. The zero-order valence-electron chi connectivity index (χ0n) is 8.86. The van der Waals surface area contributed by atoms with Gasteiger partial charge in [-0.25, -0.2) is 0 Å². The summed E-state index contributed by atoms with van der Waals surface area (Å²) in [5.41, 5.74) is 11.6. The first-order valence-electron chi connectivity index (χ1n) is 4.74. The van der Waals surface area contributed by atoms with E-state index in [0.717, 1.165) is 18.7 Å². The Morgan fingerprint density at radius 1 is 1.50 bits per heavy atom. The molecule has 0 saturated heterocycles. The summed E-state index contributed by atoms with van der Waals surface area (Å²) in [6.07, 6.45) is 0.779. The fourth-order valence-electron chi connectivity index (χ4n) is 1.61. The molecule has 0 atom stereocenters. The molecule has 0 saturated carbocycles. The number of azide groups is 1. The van der Waals surface area contributed by atoms with E-state index in [1.165, 1.54) is 11.3 Å². The van der Waals surface area contributed by atoms with Gasteiger partial charge in [-0.3, -0.25) is 4.68 Å². The molecular formula is C9H15N5. The van der Waals surface area contributed by atoms with Crippen molar-refractivity contribution in [2.45, 2.75) is 33.7 Å². The average Bonchev–Trinajstić information content (AvgIpc) is 2.45. The van der Waals surface area contributed by atoms with Crippen LogP contribution in [-0.4, -0.2) is 16.3 Å². The maximum absolute atomic E-state index is 8.17. The van der Waals surface area contributed by atoms with Crippen molar-refractivity contribution in [1.29, 1.82) is 0 Å². The summed E-state index contributed by atoms with van der Waals surface area (Å²) in [6.45, 7) is 7.50. The van der Waals surface area contributed by atoms with Crippen LogP contribution in [-0.2, 0) is 13.0 Å². The second-order valence-corrected chi connectivity index (χ2v) is 3.17. The first-order valence-corrected chi connectivity index (χ1v) is 4.74. The molecule has 1 aromatic rings. The van der Waals surface area contributed by atoms with Gasteiger partial charge in [-0.15, -0.1) is 0 Å². The minimum Gasteiger partial charge on any atom is -0.270 e. The van der Waals surface area contributed by atoms with E-state index in [-0.39, 0.29) is 0 Å². The first-order chi connectivity index (χ1) is 6.70. The Balaban J connectivity index is 2.84. The smallest absolute Gasteiger partial charge is 0.0628 e. The van der Waals surface area contributed by atoms with Crippen molar-refractivity contribution in [3.8, 4) is 0 Å². The quantitative estimate of drug-likeness (QED) is 0.411. The number of hydrogen-bond acceptors (Lipinski definition) is 2. The van der Waals surface area contributed by atoms with Gasteiger partial charge >= 0.3 is 0 Å². The first kappa shape index (κ1) is 10.6. The topological polar surface area (TPSA) is 66.6 Å². The molecule has 0 spiro atoms. The highest BCUT2D eigenvalue weighted by Crippen LogP contribution is 2.13. The highest BCUT2D eigenvalue weighted by Gasteiger charge is 2.08. The fraction of sp³-hybridized carbons (Fsp3) is 0.667. The molecule has 0 aromatic carbocycles. The predicted octanol–water partition coefficient (Wildman–Crippen LogP) is 2.37. The standard InChI is InChI=1S/C9H15N5/c1-4-14-8(3)9(7(2)12-14)5-6-11-13-10/h4-6H2,1-3H3. The molecule has 0 aliphatic heterocycles. The Kier molecular flexibility index (Phi) is 3.54. The summed E-state index contributed by atoms with van der Waals surface area (Å²) in [7, 11) is 0. The Bertz CT molecular complexity index is 360. The summed E-state index contributed by atoms with van der Waals surface area (Å²) in [5, 5.41) is 7.92. The van der Waals surface area contributed by atoms with Crippen molar-refractivity contribution in [3.05, 3.63) is 27.4 Å². The average molecular weight is 193 g/mol. The number of nitrogens with zero attached hydrogens (tertiary/aromatic N) is 5. The van der Waals surface area contributed by atoms with Gasteiger partial charge in [0.05, 0.1) is 5.69 Å². The lowest BCUT2D eigenvalue weighted by Gasteiger charge is -2.00. The zero-order chi connectivity index (χ0) is 10.6. The molecule has 76 valence electrons. The van der Waals surface area contributed by atoms with Crippen molar-refractivity contribution in [1.82, 2.24) is 9.78 Å². The molecule has 5 nitrogen and oxygen atoms in total. The molecule has 0 amide bonds. The van der Waals surface area contributed by atoms with Gasteiger partial charge in [0.2, 0.25) is 0 Å². The third-order valence-electron chi connectivity index (χ3n) is 2.36. The van der Waals surface area contributed by atoms with Gasteiger partial charge in [-0.1, -0.05) is 5.11 Å². The Morgan fingerprint density at radius 3 is 2.71 bits per heavy atom. The van der Waals surface area contributed by atoms with E-state index >= 15 is 0 Å². The lowest BCUT2D eigenvalue weighted by molar-refractivity contribution is 0.633. The van der Waals surface area contributed by atoms with E-state index in [1.54, 1.807) is 0 Å². The van der Waals surface area contributed by atoms with E-state index in [0.29, 0.717) is 6.54 Å².